The van der Waals surface area contributed by atoms with Crippen LogP contribution in [0.1, 0.15) is 51.3 Å². The Bertz CT molecular complexity index is 1580. The molecule has 1 heterocycles. The van der Waals surface area contributed by atoms with E-state index in [0.29, 0.717) is 0 Å². The minimum absolute atomic E-state index is 0.0626. The van der Waals surface area contributed by atoms with E-state index in [1.54, 1.807) is 24.3 Å². The fourth-order valence-corrected chi connectivity index (χ4v) is 6.39. The van der Waals surface area contributed by atoms with Gasteiger partial charge in [-0.2, -0.15) is 0 Å². The zero-order valence-corrected chi connectivity index (χ0v) is 25.6. The molecule has 38 heavy (non-hydrogen) atoms. The Labute approximate surface area is 236 Å². The molecule has 5 nitrogen and oxygen atoms in total. The Morgan fingerprint density at radius 1 is 0.974 bits per heavy atom. The molecule has 0 aromatic heterocycles. The van der Waals surface area contributed by atoms with Crippen molar-refractivity contribution in [2.75, 3.05) is 11.4 Å². The quantitative estimate of drug-likeness (QED) is 0.234. The lowest BCUT2D eigenvalue weighted by Gasteiger charge is -2.28. The number of rotatable bonds is 8. The van der Waals surface area contributed by atoms with Crippen LogP contribution in [-0.2, 0) is 28.9 Å². The zero-order valence-electron chi connectivity index (χ0n) is 22.4. The molecular weight excluding hydrogens is 561 g/mol. The van der Waals surface area contributed by atoms with Gasteiger partial charge in [-0.05, 0) is 72.5 Å². The monoisotopic (exact) mass is 593 g/mol. The standard InChI is InChI=1S/C29H33Cl2NO4S2/c1-8-32-26-17-16-23(38(31,35)36)19-25(26)29(6,7)27(32)13-11-9-10-12-21(3)28(4,5)24-18-22(37(30,33)34)15-14-20(24)2/h9-19H,3,8H2,1-2,4-7H3/b11-9+,12-10+,27-13+. The first kappa shape index (κ1) is 30.2. The third kappa shape index (κ3) is 5.96. The van der Waals surface area contributed by atoms with Gasteiger partial charge in [0.05, 0.1) is 9.79 Å². The van der Waals surface area contributed by atoms with Crippen LogP contribution in [0, 0.1) is 6.92 Å². The van der Waals surface area contributed by atoms with Crippen molar-refractivity contribution in [3.63, 3.8) is 0 Å². The van der Waals surface area contributed by atoms with Gasteiger partial charge in [0.25, 0.3) is 18.1 Å². The number of allylic oxidation sites excluding steroid dienone is 7. The lowest BCUT2D eigenvalue weighted by molar-refractivity contribution is 0.605. The molecular formula is C29H33Cl2NO4S2. The summed E-state index contributed by atoms with van der Waals surface area (Å²) in [5.74, 6) is 0. The molecule has 0 atom stereocenters. The SMILES string of the molecule is C=C(/C=C/C=C/C=C1/N(CC)c2ccc(S(=O)(=O)Cl)cc2C1(C)C)C(C)(C)c1cc(S(=O)(=O)Cl)ccc1C. The third-order valence-electron chi connectivity index (χ3n) is 7.20. The summed E-state index contributed by atoms with van der Waals surface area (Å²) in [5.41, 5.74) is 4.54. The smallest absolute Gasteiger partial charge is 0.261 e. The Morgan fingerprint density at radius 3 is 2.13 bits per heavy atom. The molecule has 3 rings (SSSR count). The molecule has 9 heteroatoms. The largest absolute Gasteiger partial charge is 0.344 e. The second-order valence-corrected chi connectivity index (χ2v) is 15.5. The van der Waals surface area contributed by atoms with Gasteiger partial charge in [-0.3, -0.25) is 0 Å². The number of hydrogen-bond acceptors (Lipinski definition) is 5. The lowest BCUT2D eigenvalue weighted by Crippen LogP contribution is -2.25. The molecule has 0 N–H and O–H groups in total. The summed E-state index contributed by atoms with van der Waals surface area (Å²) in [5, 5.41) is 0. The molecule has 204 valence electrons. The fourth-order valence-electron chi connectivity index (χ4n) is 4.84. The molecule has 0 fully saturated rings. The first-order chi connectivity index (χ1) is 17.4. The van der Waals surface area contributed by atoms with Gasteiger partial charge in [-0.15, -0.1) is 0 Å². The summed E-state index contributed by atoms with van der Waals surface area (Å²) >= 11 is 0. The van der Waals surface area contributed by atoms with E-state index in [2.05, 4.69) is 25.3 Å². The predicted octanol–water partition coefficient (Wildman–Crippen LogP) is 7.50. The third-order valence-corrected chi connectivity index (χ3v) is 9.90. The van der Waals surface area contributed by atoms with Crippen LogP contribution in [0.3, 0.4) is 0 Å². The molecule has 0 bridgehead atoms. The van der Waals surface area contributed by atoms with Gasteiger partial charge in [0.1, 0.15) is 0 Å². The topological polar surface area (TPSA) is 71.5 Å². The van der Waals surface area contributed by atoms with Crippen molar-refractivity contribution < 1.29 is 16.8 Å². The van der Waals surface area contributed by atoms with Crippen LogP contribution >= 0.6 is 21.4 Å². The number of anilines is 1. The van der Waals surface area contributed by atoms with Crippen LogP contribution in [0.2, 0.25) is 0 Å². The maximum absolute atomic E-state index is 11.9. The molecule has 0 aliphatic carbocycles. The maximum atomic E-state index is 11.9. The van der Waals surface area contributed by atoms with Crippen molar-refractivity contribution in [1.82, 2.24) is 0 Å². The van der Waals surface area contributed by atoms with Gasteiger partial charge in [-0.1, -0.05) is 64.6 Å². The van der Waals surface area contributed by atoms with Crippen LogP contribution in [0.25, 0.3) is 0 Å². The Hall–Kier alpha value is -2.32. The highest BCUT2D eigenvalue weighted by Gasteiger charge is 2.39. The normalized spacial score (nSPS) is 17.1. The number of hydrogen-bond donors (Lipinski definition) is 0. The summed E-state index contributed by atoms with van der Waals surface area (Å²) in [6.07, 6.45) is 9.66. The zero-order chi connectivity index (χ0) is 28.7. The van der Waals surface area contributed by atoms with Crippen LogP contribution in [-0.4, -0.2) is 23.4 Å². The van der Waals surface area contributed by atoms with Crippen LogP contribution < -0.4 is 4.90 Å². The second kappa shape index (κ2) is 10.7. The molecule has 2 aromatic rings. The van der Waals surface area contributed by atoms with Crippen molar-refractivity contribution in [2.24, 2.45) is 0 Å². The van der Waals surface area contributed by atoms with Gasteiger partial charge in [0, 0.05) is 50.1 Å². The fraction of sp³-hybridized carbons (Fsp3) is 0.310. The van der Waals surface area contributed by atoms with Crippen molar-refractivity contribution >= 4 is 45.2 Å². The average molecular weight is 595 g/mol. The lowest BCUT2D eigenvalue weighted by atomic mass is 9.76. The van der Waals surface area contributed by atoms with E-state index in [1.807, 2.05) is 58.1 Å². The van der Waals surface area contributed by atoms with E-state index in [1.165, 1.54) is 12.1 Å². The summed E-state index contributed by atoms with van der Waals surface area (Å²) in [6.45, 7) is 17.0. The Kier molecular flexibility index (Phi) is 8.50. The molecule has 1 aliphatic heterocycles. The van der Waals surface area contributed by atoms with Crippen LogP contribution in [0.4, 0.5) is 5.69 Å². The Balaban J connectivity index is 1.86. The van der Waals surface area contributed by atoms with E-state index < -0.39 is 28.9 Å². The molecule has 0 amide bonds. The second-order valence-electron chi connectivity index (χ2n) is 10.3. The van der Waals surface area contributed by atoms with Crippen LogP contribution in [0.5, 0.6) is 0 Å². The number of benzene rings is 2. The van der Waals surface area contributed by atoms with Gasteiger partial charge in [-0.25, -0.2) is 16.8 Å². The first-order valence-corrected chi connectivity index (χ1v) is 16.7. The predicted molar refractivity (Wildman–Crippen MR) is 158 cm³/mol. The highest BCUT2D eigenvalue weighted by molar-refractivity contribution is 8.14. The minimum Gasteiger partial charge on any atom is -0.344 e. The van der Waals surface area contributed by atoms with Crippen molar-refractivity contribution in [1.29, 1.82) is 0 Å². The number of aryl methyl sites for hydroxylation is 1. The Morgan fingerprint density at radius 2 is 1.55 bits per heavy atom. The number of fused-ring (bicyclic) bond motifs is 1. The maximum Gasteiger partial charge on any atom is 0.261 e. The van der Waals surface area contributed by atoms with Gasteiger partial charge in [0.15, 0.2) is 0 Å². The van der Waals surface area contributed by atoms with Gasteiger partial charge < -0.3 is 4.90 Å². The van der Waals surface area contributed by atoms with Crippen molar-refractivity contribution in [3.8, 4) is 0 Å². The number of nitrogens with zero attached hydrogens (tertiary/aromatic N) is 1. The molecule has 0 spiro atoms. The average Bonchev–Trinajstić information content (AvgIpc) is 3.02. The molecule has 0 saturated carbocycles. The highest BCUT2D eigenvalue weighted by Crippen LogP contribution is 2.48. The van der Waals surface area contributed by atoms with Crippen molar-refractivity contribution in [2.45, 2.75) is 62.2 Å². The molecule has 0 radical (unpaired) electrons. The summed E-state index contributed by atoms with van der Waals surface area (Å²) in [6, 6.07) is 9.86. The molecule has 1 aliphatic rings. The first-order valence-electron chi connectivity index (χ1n) is 12.1. The van der Waals surface area contributed by atoms with E-state index in [0.717, 1.165) is 40.2 Å². The van der Waals surface area contributed by atoms with Crippen LogP contribution in [0.15, 0.2) is 94.4 Å². The van der Waals surface area contributed by atoms with Gasteiger partial charge >= 0.3 is 0 Å². The molecule has 0 unspecified atom stereocenters. The van der Waals surface area contributed by atoms with E-state index in [4.69, 9.17) is 21.4 Å². The van der Waals surface area contributed by atoms with E-state index >= 15 is 0 Å². The molecule has 2 aromatic carbocycles. The number of halogens is 2. The number of likely N-dealkylation sites (N-methyl/N-ethyl adjacent to an activating group) is 1. The van der Waals surface area contributed by atoms with E-state index in [9.17, 15) is 16.8 Å². The molecule has 0 saturated heterocycles. The summed E-state index contributed by atoms with van der Waals surface area (Å²) in [4.78, 5) is 2.32. The van der Waals surface area contributed by atoms with E-state index in [-0.39, 0.29) is 9.79 Å². The van der Waals surface area contributed by atoms with Crippen molar-refractivity contribution in [3.05, 3.63) is 101 Å². The van der Waals surface area contributed by atoms with Gasteiger partial charge in [0.2, 0.25) is 0 Å². The minimum atomic E-state index is -3.84. The summed E-state index contributed by atoms with van der Waals surface area (Å²) < 4.78 is 47.5. The summed E-state index contributed by atoms with van der Waals surface area (Å²) in [7, 11) is 3.50. The highest BCUT2D eigenvalue weighted by atomic mass is 35.7.